The maximum absolute atomic E-state index is 11.2. The number of unbranched alkanes of at least 4 members (excludes halogenated alkanes) is 9. The van der Waals surface area contributed by atoms with E-state index in [-0.39, 0.29) is 25.2 Å². The van der Waals surface area contributed by atoms with Crippen molar-refractivity contribution in [3.8, 4) is 0 Å². The zero-order valence-electron chi connectivity index (χ0n) is 22.8. The fraction of sp³-hybridized carbons (Fsp3) is 0.786. The molecule has 0 spiro atoms. The standard InChI is InChI=1S/C28H50O8/c1-25(2)27(29)35-23-21-33-19-17-31-15-13-11-9-7-5-6-8-10-12-14-16-32-18-20-34-22-24-36-28(30)26(3)4/h1,3,5-24H2,2,4H3. The van der Waals surface area contributed by atoms with Gasteiger partial charge in [-0.05, 0) is 26.7 Å². The van der Waals surface area contributed by atoms with Crippen molar-refractivity contribution in [1.82, 2.24) is 0 Å². The maximum atomic E-state index is 11.2. The van der Waals surface area contributed by atoms with Crippen molar-refractivity contribution in [1.29, 1.82) is 0 Å². The molecule has 0 aliphatic carbocycles. The highest BCUT2D eigenvalue weighted by molar-refractivity contribution is 5.87. The number of hydrogen-bond donors (Lipinski definition) is 0. The minimum absolute atomic E-state index is 0.246. The average Bonchev–Trinajstić information content (AvgIpc) is 2.85. The molecule has 0 aliphatic rings. The summed E-state index contributed by atoms with van der Waals surface area (Å²) in [7, 11) is 0. The van der Waals surface area contributed by atoms with Crippen LogP contribution in [-0.2, 0) is 38.0 Å². The van der Waals surface area contributed by atoms with Crippen molar-refractivity contribution in [3.63, 3.8) is 0 Å². The number of hydrogen-bond acceptors (Lipinski definition) is 8. The predicted octanol–water partition coefficient (Wildman–Crippen LogP) is 5.19. The Bertz CT molecular complexity index is 526. The van der Waals surface area contributed by atoms with E-state index >= 15 is 0 Å². The number of ether oxygens (including phenoxy) is 6. The lowest BCUT2D eigenvalue weighted by Gasteiger charge is -2.07. The first-order valence-corrected chi connectivity index (χ1v) is 13.4. The lowest BCUT2D eigenvalue weighted by atomic mass is 10.1. The summed E-state index contributed by atoms with van der Waals surface area (Å²) in [5.41, 5.74) is 0.795. The third-order valence-corrected chi connectivity index (χ3v) is 5.19. The Labute approximate surface area is 218 Å². The van der Waals surface area contributed by atoms with Crippen LogP contribution in [-0.4, -0.2) is 78.0 Å². The van der Waals surface area contributed by atoms with E-state index in [1.165, 1.54) is 51.4 Å². The number of esters is 2. The van der Waals surface area contributed by atoms with Crippen molar-refractivity contribution in [2.75, 3.05) is 66.1 Å². The molecule has 0 rings (SSSR count). The van der Waals surface area contributed by atoms with Gasteiger partial charge >= 0.3 is 11.9 Å². The van der Waals surface area contributed by atoms with E-state index in [0.717, 1.165) is 26.1 Å². The molecule has 0 saturated carbocycles. The van der Waals surface area contributed by atoms with Gasteiger partial charge in [-0.2, -0.15) is 0 Å². The smallest absolute Gasteiger partial charge is 0.333 e. The van der Waals surface area contributed by atoms with Crippen molar-refractivity contribution < 1.29 is 38.0 Å². The zero-order chi connectivity index (χ0) is 26.7. The number of rotatable bonds is 27. The Morgan fingerprint density at radius 1 is 0.417 bits per heavy atom. The monoisotopic (exact) mass is 514 g/mol. The molecule has 0 atom stereocenters. The van der Waals surface area contributed by atoms with E-state index in [1.807, 2.05) is 0 Å². The fourth-order valence-corrected chi connectivity index (χ4v) is 3.10. The van der Waals surface area contributed by atoms with Crippen LogP contribution in [0.15, 0.2) is 24.3 Å². The molecule has 210 valence electrons. The Balaban J connectivity index is 3.11. The molecule has 0 aromatic carbocycles. The van der Waals surface area contributed by atoms with Crippen LogP contribution < -0.4 is 0 Å². The molecule has 0 unspecified atom stereocenters. The lowest BCUT2D eigenvalue weighted by Crippen LogP contribution is -2.13. The van der Waals surface area contributed by atoms with E-state index in [9.17, 15) is 9.59 Å². The third kappa shape index (κ3) is 25.4. The molecule has 0 aromatic rings. The van der Waals surface area contributed by atoms with Crippen molar-refractivity contribution in [3.05, 3.63) is 24.3 Å². The van der Waals surface area contributed by atoms with Gasteiger partial charge in [-0.1, -0.05) is 64.5 Å². The zero-order valence-corrected chi connectivity index (χ0v) is 22.8. The molecular formula is C28H50O8. The molecule has 0 aromatic heterocycles. The molecule has 36 heavy (non-hydrogen) atoms. The summed E-state index contributed by atoms with van der Waals surface area (Å²) < 4.78 is 31.7. The second-order valence-corrected chi connectivity index (χ2v) is 8.82. The third-order valence-electron chi connectivity index (χ3n) is 5.19. The highest BCUT2D eigenvalue weighted by atomic mass is 16.6. The molecule has 8 nitrogen and oxygen atoms in total. The summed E-state index contributed by atoms with van der Waals surface area (Å²) in [6.07, 6.45) is 12.3. The van der Waals surface area contributed by atoms with Gasteiger partial charge < -0.3 is 28.4 Å². The molecule has 0 heterocycles. The number of carbonyl (C=O) groups is 2. The Kier molecular flexibility index (Phi) is 25.1. The van der Waals surface area contributed by atoms with Gasteiger partial charge in [-0.3, -0.25) is 0 Å². The molecule has 0 amide bonds. The van der Waals surface area contributed by atoms with Crippen molar-refractivity contribution in [2.45, 2.75) is 78.1 Å². The second-order valence-electron chi connectivity index (χ2n) is 8.82. The highest BCUT2D eigenvalue weighted by Gasteiger charge is 2.03. The van der Waals surface area contributed by atoms with E-state index in [4.69, 9.17) is 28.4 Å². The fourth-order valence-electron chi connectivity index (χ4n) is 3.10. The largest absolute Gasteiger partial charge is 0.460 e. The molecule has 0 radical (unpaired) electrons. The van der Waals surface area contributed by atoms with Gasteiger partial charge in [-0.15, -0.1) is 0 Å². The second kappa shape index (κ2) is 26.3. The quantitative estimate of drug-likeness (QED) is 0.0840. The first kappa shape index (κ1) is 34.3. The van der Waals surface area contributed by atoms with Crippen LogP contribution in [0.2, 0.25) is 0 Å². The van der Waals surface area contributed by atoms with Crippen LogP contribution in [0.1, 0.15) is 78.1 Å². The summed E-state index contributed by atoms with van der Waals surface area (Å²) >= 11 is 0. The lowest BCUT2D eigenvalue weighted by molar-refractivity contribution is -0.141. The van der Waals surface area contributed by atoms with Crippen LogP contribution in [0, 0.1) is 0 Å². The Morgan fingerprint density at radius 3 is 0.972 bits per heavy atom. The van der Waals surface area contributed by atoms with E-state index in [0.29, 0.717) is 50.8 Å². The van der Waals surface area contributed by atoms with E-state index in [2.05, 4.69) is 13.2 Å². The van der Waals surface area contributed by atoms with Gasteiger partial charge in [0.2, 0.25) is 0 Å². The molecule has 0 bridgehead atoms. The number of carbonyl (C=O) groups excluding carboxylic acids is 2. The summed E-state index contributed by atoms with van der Waals surface area (Å²) in [5, 5.41) is 0. The summed E-state index contributed by atoms with van der Waals surface area (Å²) in [4.78, 5) is 22.4. The first-order valence-electron chi connectivity index (χ1n) is 13.4. The van der Waals surface area contributed by atoms with Crippen LogP contribution in [0.3, 0.4) is 0 Å². The molecule has 0 fully saturated rings. The van der Waals surface area contributed by atoms with Gasteiger partial charge in [0.1, 0.15) is 13.2 Å². The first-order chi connectivity index (χ1) is 17.4. The molecule has 0 N–H and O–H groups in total. The molecule has 0 saturated heterocycles. The molecule has 0 aliphatic heterocycles. The topological polar surface area (TPSA) is 89.5 Å². The van der Waals surface area contributed by atoms with E-state index in [1.54, 1.807) is 13.8 Å². The van der Waals surface area contributed by atoms with Crippen molar-refractivity contribution >= 4 is 11.9 Å². The molecule has 8 heteroatoms. The predicted molar refractivity (Wildman–Crippen MR) is 141 cm³/mol. The highest BCUT2D eigenvalue weighted by Crippen LogP contribution is 2.10. The summed E-state index contributed by atoms with van der Waals surface area (Å²) in [5.74, 6) is -0.761. The van der Waals surface area contributed by atoms with E-state index < -0.39 is 0 Å². The van der Waals surface area contributed by atoms with Gasteiger partial charge in [-0.25, -0.2) is 9.59 Å². The average molecular weight is 515 g/mol. The van der Waals surface area contributed by atoms with Gasteiger partial charge in [0.25, 0.3) is 0 Å². The van der Waals surface area contributed by atoms with Crippen LogP contribution in [0.25, 0.3) is 0 Å². The van der Waals surface area contributed by atoms with Crippen LogP contribution >= 0.6 is 0 Å². The molecular weight excluding hydrogens is 464 g/mol. The minimum atomic E-state index is -0.381. The Morgan fingerprint density at radius 2 is 0.667 bits per heavy atom. The SMILES string of the molecule is C=C(C)C(=O)OCCOCCOCCCCCCCCCCCCOCCOCCOC(=O)C(=C)C. The van der Waals surface area contributed by atoms with Crippen LogP contribution in [0.5, 0.6) is 0 Å². The minimum Gasteiger partial charge on any atom is -0.460 e. The Hall–Kier alpha value is -1.74. The maximum Gasteiger partial charge on any atom is 0.333 e. The van der Waals surface area contributed by atoms with Gasteiger partial charge in [0.15, 0.2) is 0 Å². The van der Waals surface area contributed by atoms with Gasteiger partial charge in [0.05, 0.1) is 39.6 Å². The normalized spacial score (nSPS) is 10.8. The van der Waals surface area contributed by atoms with Crippen molar-refractivity contribution in [2.24, 2.45) is 0 Å². The summed E-state index contributed by atoms with van der Waals surface area (Å²) in [6.45, 7) is 15.3. The van der Waals surface area contributed by atoms with Crippen LogP contribution in [0.4, 0.5) is 0 Å². The van der Waals surface area contributed by atoms with Gasteiger partial charge in [0, 0.05) is 24.4 Å². The summed E-state index contributed by atoms with van der Waals surface area (Å²) in [6, 6.07) is 0.